The van der Waals surface area contributed by atoms with Gasteiger partial charge in [-0.3, -0.25) is 9.69 Å². The van der Waals surface area contributed by atoms with Gasteiger partial charge in [0.2, 0.25) is 5.91 Å². The van der Waals surface area contributed by atoms with Crippen molar-refractivity contribution in [3.63, 3.8) is 0 Å². The van der Waals surface area contributed by atoms with E-state index in [0.717, 1.165) is 37.9 Å². The molecular formula is C23H26N2O2. The van der Waals surface area contributed by atoms with Crippen LogP contribution in [0.25, 0.3) is 0 Å². The van der Waals surface area contributed by atoms with Crippen molar-refractivity contribution in [2.75, 3.05) is 13.1 Å². The molecule has 3 aliphatic rings. The van der Waals surface area contributed by atoms with Crippen LogP contribution >= 0.6 is 0 Å². The molecule has 4 nitrogen and oxygen atoms in total. The molecule has 3 aliphatic heterocycles. The quantitative estimate of drug-likeness (QED) is 0.907. The largest absolute Gasteiger partial charge is 0.508 e. The molecule has 4 heteroatoms. The van der Waals surface area contributed by atoms with Crippen LogP contribution in [0.5, 0.6) is 5.75 Å². The molecule has 0 aromatic heterocycles. The van der Waals surface area contributed by atoms with E-state index < -0.39 is 0 Å². The van der Waals surface area contributed by atoms with Gasteiger partial charge in [0.25, 0.3) is 0 Å². The Hall–Kier alpha value is -2.33. The summed E-state index contributed by atoms with van der Waals surface area (Å²) in [5, 5.41) is 9.91. The molecule has 2 aromatic rings. The fourth-order valence-electron chi connectivity index (χ4n) is 5.76. The molecular weight excluding hydrogens is 336 g/mol. The van der Waals surface area contributed by atoms with E-state index in [1.54, 1.807) is 6.07 Å². The van der Waals surface area contributed by atoms with Crippen LogP contribution in [0.1, 0.15) is 42.0 Å². The third-order valence-corrected chi connectivity index (χ3v) is 7.00. The number of carbonyl (C=O) groups is 1. The van der Waals surface area contributed by atoms with Crippen LogP contribution in [0.4, 0.5) is 0 Å². The molecule has 3 heterocycles. The zero-order valence-corrected chi connectivity index (χ0v) is 15.8. The maximum atomic E-state index is 13.6. The van der Waals surface area contributed by atoms with Crippen LogP contribution in [-0.4, -0.2) is 39.4 Å². The zero-order chi connectivity index (χ0) is 18.6. The highest BCUT2D eigenvalue weighted by Gasteiger charge is 2.65. The van der Waals surface area contributed by atoms with Gasteiger partial charge < -0.3 is 10.0 Å². The average Bonchev–Trinajstić information content (AvgIpc) is 3.28. The summed E-state index contributed by atoms with van der Waals surface area (Å²) >= 11 is 0. The summed E-state index contributed by atoms with van der Waals surface area (Å²) in [6.45, 7) is 4.66. The average molecular weight is 362 g/mol. The van der Waals surface area contributed by atoms with E-state index in [-0.39, 0.29) is 11.6 Å². The number of amides is 1. The van der Waals surface area contributed by atoms with Crippen molar-refractivity contribution in [1.29, 1.82) is 0 Å². The van der Waals surface area contributed by atoms with Gasteiger partial charge in [0.1, 0.15) is 11.3 Å². The van der Waals surface area contributed by atoms with E-state index in [1.807, 2.05) is 12.1 Å². The molecule has 3 fully saturated rings. The first kappa shape index (κ1) is 16.8. The molecule has 0 radical (unpaired) electrons. The minimum Gasteiger partial charge on any atom is -0.508 e. The molecule has 140 valence electrons. The number of benzene rings is 2. The van der Waals surface area contributed by atoms with Crippen molar-refractivity contribution in [2.45, 2.75) is 44.3 Å². The van der Waals surface area contributed by atoms with Crippen LogP contribution in [0.2, 0.25) is 0 Å². The van der Waals surface area contributed by atoms with Crippen LogP contribution in [0, 0.1) is 12.8 Å². The first-order chi connectivity index (χ1) is 13.1. The maximum Gasteiger partial charge on any atom is 0.243 e. The van der Waals surface area contributed by atoms with Crippen LogP contribution in [0.15, 0.2) is 48.5 Å². The number of carbonyl (C=O) groups excluding carboxylic acids is 1. The summed E-state index contributed by atoms with van der Waals surface area (Å²) < 4.78 is 0. The van der Waals surface area contributed by atoms with Gasteiger partial charge in [0, 0.05) is 25.0 Å². The fraction of sp³-hybridized carbons (Fsp3) is 0.435. The predicted octanol–water partition coefficient (Wildman–Crippen LogP) is 3.64. The molecule has 5 rings (SSSR count). The lowest BCUT2D eigenvalue weighted by Gasteiger charge is -2.33. The topological polar surface area (TPSA) is 43.8 Å². The Morgan fingerprint density at radius 2 is 2.04 bits per heavy atom. The molecule has 1 N–H and O–H groups in total. The molecule has 0 bridgehead atoms. The Morgan fingerprint density at radius 1 is 1.19 bits per heavy atom. The summed E-state index contributed by atoms with van der Waals surface area (Å²) in [7, 11) is 0. The molecule has 2 aromatic carbocycles. The smallest absolute Gasteiger partial charge is 0.243 e. The number of nitrogens with zero attached hydrogens (tertiary/aromatic N) is 2. The molecule has 1 amide bonds. The number of rotatable bonds is 3. The van der Waals surface area contributed by atoms with Gasteiger partial charge in [-0.1, -0.05) is 36.4 Å². The van der Waals surface area contributed by atoms with Crippen LogP contribution in [-0.2, 0) is 11.3 Å². The number of hydrogen-bond acceptors (Lipinski definition) is 3. The summed E-state index contributed by atoms with van der Waals surface area (Å²) in [5.74, 6) is 1.00. The second-order valence-corrected chi connectivity index (χ2v) is 8.38. The number of phenolic OH excluding ortho intramolecular Hbond substituents is 1. The predicted molar refractivity (Wildman–Crippen MR) is 104 cm³/mol. The van der Waals surface area contributed by atoms with Crippen molar-refractivity contribution < 1.29 is 9.90 Å². The third kappa shape index (κ3) is 2.43. The lowest BCUT2D eigenvalue weighted by Crippen LogP contribution is -2.49. The van der Waals surface area contributed by atoms with Crippen molar-refractivity contribution in [3.8, 4) is 5.75 Å². The lowest BCUT2D eigenvalue weighted by atomic mass is 9.85. The number of aryl methyl sites for hydroxylation is 1. The van der Waals surface area contributed by atoms with Gasteiger partial charge in [-0.05, 0) is 61.6 Å². The Morgan fingerprint density at radius 3 is 2.85 bits per heavy atom. The van der Waals surface area contributed by atoms with E-state index in [1.165, 1.54) is 11.1 Å². The number of aromatic hydroxyl groups is 1. The molecule has 0 aliphatic carbocycles. The van der Waals surface area contributed by atoms with Crippen LogP contribution in [0.3, 0.4) is 0 Å². The fourth-order valence-corrected chi connectivity index (χ4v) is 5.76. The van der Waals surface area contributed by atoms with E-state index >= 15 is 0 Å². The molecule has 1 spiro atoms. The summed E-state index contributed by atoms with van der Waals surface area (Å²) in [5.41, 5.74) is 3.32. The summed E-state index contributed by atoms with van der Waals surface area (Å²) in [4.78, 5) is 18.1. The highest BCUT2D eigenvalue weighted by molar-refractivity contribution is 5.90. The monoisotopic (exact) mass is 362 g/mol. The van der Waals surface area contributed by atoms with E-state index in [9.17, 15) is 9.90 Å². The van der Waals surface area contributed by atoms with Gasteiger partial charge in [-0.15, -0.1) is 0 Å². The summed E-state index contributed by atoms with van der Waals surface area (Å²) in [6.07, 6.45) is 3.05. The van der Waals surface area contributed by atoms with E-state index in [0.29, 0.717) is 24.1 Å². The maximum absolute atomic E-state index is 13.6. The number of hydrogen-bond donors (Lipinski definition) is 1. The first-order valence-corrected chi connectivity index (χ1v) is 9.99. The minimum absolute atomic E-state index is 0.245. The molecule has 0 saturated carbocycles. The Labute approximate surface area is 160 Å². The standard InChI is InChI=1S/C23H26N2O2/c1-16-6-2-3-7-18(16)14-24-15-19-13-21(17-8-4-9-20(26)12-17)25-11-5-10-23(19,25)22(24)27/h2-4,6-9,12,19,21,26H,5,10-11,13-15H2,1H3/t19-,21-,23-/m0/s1. The Kier molecular flexibility index (Phi) is 3.80. The third-order valence-electron chi connectivity index (χ3n) is 7.00. The molecule has 3 saturated heterocycles. The van der Waals surface area contributed by atoms with Gasteiger partial charge in [0.15, 0.2) is 0 Å². The number of likely N-dealkylation sites (tertiary alicyclic amines) is 1. The highest BCUT2D eigenvalue weighted by Crippen LogP contribution is 2.56. The highest BCUT2D eigenvalue weighted by atomic mass is 16.3. The van der Waals surface area contributed by atoms with E-state index in [4.69, 9.17) is 0 Å². The lowest BCUT2D eigenvalue weighted by molar-refractivity contribution is -0.137. The molecule has 27 heavy (non-hydrogen) atoms. The van der Waals surface area contributed by atoms with E-state index in [2.05, 4.69) is 47.1 Å². The SMILES string of the molecule is Cc1ccccc1CN1C[C@@H]2C[C@@H](c3cccc(O)c3)N3CCC[C@@]23C1=O. The normalized spacial score (nSPS) is 30.0. The second kappa shape index (κ2) is 6.10. The Bertz CT molecular complexity index is 895. The van der Waals surface area contributed by atoms with Crippen molar-refractivity contribution in [2.24, 2.45) is 5.92 Å². The number of phenols is 1. The second-order valence-electron chi connectivity index (χ2n) is 8.38. The zero-order valence-electron chi connectivity index (χ0n) is 15.8. The minimum atomic E-state index is -0.321. The first-order valence-electron chi connectivity index (χ1n) is 9.99. The summed E-state index contributed by atoms with van der Waals surface area (Å²) in [6, 6.07) is 16.2. The van der Waals surface area contributed by atoms with Crippen molar-refractivity contribution >= 4 is 5.91 Å². The van der Waals surface area contributed by atoms with Gasteiger partial charge in [-0.25, -0.2) is 0 Å². The van der Waals surface area contributed by atoms with Crippen molar-refractivity contribution in [3.05, 3.63) is 65.2 Å². The van der Waals surface area contributed by atoms with Gasteiger partial charge >= 0.3 is 0 Å². The molecule has 3 atom stereocenters. The molecule has 0 unspecified atom stereocenters. The van der Waals surface area contributed by atoms with Crippen molar-refractivity contribution in [1.82, 2.24) is 9.80 Å². The van der Waals surface area contributed by atoms with Gasteiger partial charge in [-0.2, -0.15) is 0 Å². The Balaban J connectivity index is 1.44. The van der Waals surface area contributed by atoms with Gasteiger partial charge in [0.05, 0.1) is 0 Å². The van der Waals surface area contributed by atoms with Crippen LogP contribution < -0.4 is 0 Å².